The third-order valence-corrected chi connectivity index (χ3v) is 3.57. The summed E-state index contributed by atoms with van der Waals surface area (Å²) < 4.78 is 31.2. The van der Waals surface area contributed by atoms with Crippen LogP contribution in [0.4, 0.5) is 26.0 Å². The molecule has 2 N–H and O–H groups in total. The smallest absolute Gasteiger partial charge is 0.256 e. The molecule has 0 saturated heterocycles. The van der Waals surface area contributed by atoms with E-state index in [2.05, 4.69) is 15.6 Å². The van der Waals surface area contributed by atoms with Gasteiger partial charge in [0.15, 0.2) is 11.6 Å². The standard InChI is InChI=1S/C19H15F2N3O2/c1-26-15-6-3-13(4-7-15)23-14-5-9-18(22-11-14)24-19(25)12-2-8-16(20)17(21)10-12/h2-11,23H,1H3,(H,22,24,25). The number of hydrogen-bond donors (Lipinski definition) is 2. The monoisotopic (exact) mass is 355 g/mol. The molecule has 0 aliphatic carbocycles. The summed E-state index contributed by atoms with van der Waals surface area (Å²) in [4.78, 5) is 16.2. The average Bonchev–Trinajstić information content (AvgIpc) is 2.66. The van der Waals surface area contributed by atoms with Crippen LogP contribution in [-0.2, 0) is 0 Å². The molecule has 0 radical (unpaired) electrons. The number of carbonyl (C=O) groups is 1. The van der Waals surface area contributed by atoms with Crippen LogP contribution in [0.25, 0.3) is 0 Å². The van der Waals surface area contributed by atoms with E-state index in [4.69, 9.17) is 4.74 Å². The second kappa shape index (κ2) is 7.60. The van der Waals surface area contributed by atoms with Crippen LogP contribution in [0.2, 0.25) is 0 Å². The second-order valence-corrected chi connectivity index (χ2v) is 5.37. The number of hydrogen-bond acceptors (Lipinski definition) is 4. The molecular formula is C19H15F2N3O2. The van der Waals surface area contributed by atoms with Crippen LogP contribution >= 0.6 is 0 Å². The van der Waals surface area contributed by atoms with Gasteiger partial charge in [-0.1, -0.05) is 0 Å². The lowest BCUT2D eigenvalue weighted by atomic mass is 10.2. The number of anilines is 3. The van der Waals surface area contributed by atoms with Crippen LogP contribution in [0, 0.1) is 11.6 Å². The molecule has 0 saturated carbocycles. The van der Waals surface area contributed by atoms with Crippen LogP contribution < -0.4 is 15.4 Å². The Morgan fingerprint density at radius 1 is 0.962 bits per heavy atom. The minimum Gasteiger partial charge on any atom is -0.497 e. The average molecular weight is 355 g/mol. The molecule has 0 aliphatic rings. The van der Waals surface area contributed by atoms with Crippen molar-refractivity contribution in [2.75, 3.05) is 17.7 Å². The Bertz CT molecular complexity index is 913. The first kappa shape index (κ1) is 17.3. The van der Waals surface area contributed by atoms with Crippen LogP contribution in [0.1, 0.15) is 10.4 Å². The number of rotatable bonds is 5. The van der Waals surface area contributed by atoms with Crippen LogP contribution in [-0.4, -0.2) is 18.0 Å². The fourth-order valence-electron chi connectivity index (χ4n) is 2.21. The highest BCUT2D eigenvalue weighted by molar-refractivity contribution is 6.03. The molecule has 1 heterocycles. The van der Waals surface area contributed by atoms with E-state index in [1.807, 2.05) is 24.3 Å². The summed E-state index contributed by atoms with van der Waals surface area (Å²) in [7, 11) is 1.60. The van der Waals surface area contributed by atoms with Crippen molar-refractivity contribution < 1.29 is 18.3 Å². The lowest BCUT2D eigenvalue weighted by molar-refractivity contribution is 0.102. The summed E-state index contributed by atoms with van der Waals surface area (Å²) >= 11 is 0. The third kappa shape index (κ3) is 4.13. The summed E-state index contributed by atoms with van der Waals surface area (Å²) in [5.41, 5.74) is 1.58. The zero-order valence-corrected chi connectivity index (χ0v) is 13.8. The van der Waals surface area contributed by atoms with Gasteiger partial charge in [0.2, 0.25) is 0 Å². The molecule has 0 aliphatic heterocycles. The van der Waals surface area contributed by atoms with Crippen molar-refractivity contribution in [2.24, 2.45) is 0 Å². The molecule has 1 amide bonds. The van der Waals surface area contributed by atoms with Crippen molar-refractivity contribution in [3.8, 4) is 5.75 Å². The lowest BCUT2D eigenvalue weighted by Gasteiger charge is -2.09. The maximum atomic E-state index is 13.2. The zero-order valence-electron chi connectivity index (χ0n) is 13.8. The first-order valence-corrected chi connectivity index (χ1v) is 7.69. The number of nitrogens with zero attached hydrogens (tertiary/aromatic N) is 1. The Labute approximate surface area is 148 Å². The van der Waals surface area contributed by atoms with Crippen molar-refractivity contribution >= 4 is 23.1 Å². The Balaban J connectivity index is 1.65. The predicted octanol–water partition coefficient (Wildman–Crippen LogP) is 4.36. The summed E-state index contributed by atoms with van der Waals surface area (Å²) in [6.07, 6.45) is 1.55. The topological polar surface area (TPSA) is 63.2 Å². The predicted molar refractivity (Wildman–Crippen MR) is 94.8 cm³/mol. The number of ether oxygens (including phenoxy) is 1. The summed E-state index contributed by atoms with van der Waals surface area (Å²) in [5, 5.41) is 5.69. The van der Waals surface area contributed by atoms with Gasteiger partial charge in [-0.25, -0.2) is 13.8 Å². The first-order chi connectivity index (χ1) is 12.5. The fraction of sp³-hybridized carbons (Fsp3) is 0.0526. The van der Waals surface area contributed by atoms with E-state index in [-0.39, 0.29) is 5.56 Å². The molecule has 3 rings (SSSR count). The number of methoxy groups -OCH3 is 1. The quantitative estimate of drug-likeness (QED) is 0.714. The summed E-state index contributed by atoms with van der Waals surface area (Å²) in [6.45, 7) is 0. The molecule has 2 aromatic carbocycles. The van der Waals surface area contributed by atoms with Gasteiger partial charge < -0.3 is 15.4 Å². The van der Waals surface area contributed by atoms with Crippen molar-refractivity contribution in [1.29, 1.82) is 0 Å². The molecule has 5 nitrogen and oxygen atoms in total. The highest BCUT2D eigenvalue weighted by Crippen LogP contribution is 2.20. The summed E-state index contributed by atoms with van der Waals surface area (Å²) in [5.74, 6) is -1.62. The number of aromatic nitrogens is 1. The number of nitrogens with one attached hydrogen (secondary N) is 2. The Hall–Kier alpha value is -3.48. The van der Waals surface area contributed by atoms with Crippen LogP contribution in [0.15, 0.2) is 60.8 Å². The molecule has 7 heteroatoms. The van der Waals surface area contributed by atoms with Crippen molar-refractivity contribution in [1.82, 2.24) is 4.98 Å². The largest absolute Gasteiger partial charge is 0.497 e. The molecule has 3 aromatic rings. The number of halogens is 2. The minimum atomic E-state index is -1.08. The van der Waals surface area contributed by atoms with Gasteiger partial charge in [0, 0.05) is 11.3 Å². The van der Waals surface area contributed by atoms with Gasteiger partial charge >= 0.3 is 0 Å². The number of carbonyl (C=O) groups excluding carboxylic acids is 1. The molecule has 0 fully saturated rings. The molecule has 132 valence electrons. The molecule has 1 aromatic heterocycles. The first-order valence-electron chi connectivity index (χ1n) is 7.69. The zero-order chi connectivity index (χ0) is 18.5. The normalized spacial score (nSPS) is 10.3. The van der Waals surface area contributed by atoms with Gasteiger partial charge in [-0.05, 0) is 54.6 Å². The lowest BCUT2D eigenvalue weighted by Crippen LogP contribution is -2.13. The Morgan fingerprint density at radius 2 is 1.69 bits per heavy atom. The maximum Gasteiger partial charge on any atom is 0.256 e. The fourth-order valence-corrected chi connectivity index (χ4v) is 2.21. The van der Waals surface area contributed by atoms with Crippen LogP contribution in [0.5, 0.6) is 5.75 Å². The van der Waals surface area contributed by atoms with E-state index < -0.39 is 17.5 Å². The molecule has 0 bridgehead atoms. The number of amides is 1. The van der Waals surface area contributed by atoms with E-state index in [1.54, 1.807) is 25.4 Å². The van der Waals surface area contributed by atoms with E-state index in [1.165, 1.54) is 6.07 Å². The molecule has 0 unspecified atom stereocenters. The van der Waals surface area contributed by atoms with E-state index >= 15 is 0 Å². The van der Waals surface area contributed by atoms with E-state index in [0.717, 1.165) is 29.3 Å². The molecule has 0 atom stereocenters. The molecule has 26 heavy (non-hydrogen) atoms. The van der Waals surface area contributed by atoms with Crippen LogP contribution in [0.3, 0.4) is 0 Å². The van der Waals surface area contributed by atoms with E-state index in [9.17, 15) is 13.6 Å². The molecule has 0 spiro atoms. The minimum absolute atomic E-state index is 0.00568. The van der Waals surface area contributed by atoms with Gasteiger partial charge in [0.05, 0.1) is 19.0 Å². The van der Waals surface area contributed by atoms with Crippen molar-refractivity contribution in [3.05, 3.63) is 78.0 Å². The van der Waals surface area contributed by atoms with Gasteiger partial charge in [-0.3, -0.25) is 4.79 Å². The summed E-state index contributed by atoms with van der Waals surface area (Å²) in [6, 6.07) is 13.6. The van der Waals surface area contributed by atoms with Crippen molar-refractivity contribution in [2.45, 2.75) is 0 Å². The Morgan fingerprint density at radius 3 is 2.31 bits per heavy atom. The molecular weight excluding hydrogens is 340 g/mol. The highest BCUT2D eigenvalue weighted by Gasteiger charge is 2.10. The highest BCUT2D eigenvalue weighted by atomic mass is 19.2. The van der Waals surface area contributed by atoms with Gasteiger partial charge in [-0.15, -0.1) is 0 Å². The number of benzene rings is 2. The number of pyridine rings is 1. The van der Waals surface area contributed by atoms with Gasteiger partial charge in [0.1, 0.15) is 11.6 Å². The maximum absolute atomic E-state index is 13.2. The van der Waals surface area contributed by atoms with E-state index in [0.29, 0.717) is 5.82 Å². The Kier molecular flexibility index (Phi) is 5.07. The third-order valence-electron chi connectivity index (χ3n) is 3.57. The second-order valence-electron chi connectivity index (χ2n) is 5.37. The van der Waals surface area contributed by atoms with Gasteiger partial charge in [0.25, 0.3) is 5.91 Å². The SMILES string of the molecule is COc1ccc(Nc2ccc(NC(=O)c3ccc(F)c(F)c3)nc2)cc1. The van der Waals surface area contributed by atoms with Crippen molar-refractivity contribution in [3.63, 3.8) is 0 Å². The van der Waals surface area contributed by atoms with Gasteiger partial charge in [-0.2, -0.15) is 0 Å².